The van der Waals surface area contributed by atoms with E-state index in [0.29, 0.717) is 33.1 Å². The molecule has 0 spiro atoms. The number of amides is 2. The molecule has 12 heteroatoms. The van der Waals surface area contributed by atoms with E-state index in [1.165, 1.54) is 29.2 Å². The van der Waals surface area contributed by atoms with Crippen LogP contribution in [0.5, 0.6) is 5.75 Å². The number of likely N-dealkylation sites (N-methyl/N-ethyl adjacent to an activating group) is 1. The number of carbonyl (C=O) groups excluding carboxylic acids is 2. The lowest BCUT2D eigenvalue weighted by atomic mass is 10.1. The zero-order valence-corrected chi connectivity index (χ0v) is 25.7. The van der Waals surface area contributed by atoms with Crippen molar-refractivity contribution in [3.05, 3.63) is 118 Å². The topological polar surface area (TPSA) is 127 Å². The SMILES string of the molecule is Cc1cc(-n2ccnc2)c2cccc(OCc3c(Cl)ccc(N(C)C(=O)CNC(=O)C=Cc4ccc(C(=O)O)cc4)c3Cl)c2n1. The number of aromatic nitrogens is 3. The molecule has 5 rings (SSSR count). The van der Waals surface area contributed by atoms with Gasteiger partial charge in [-0.3, -0.25) is 9.59 Å². The van der Waals surface area contributed by atoms with E-state index in [4.69, 9.17) is 38.0 Å². The van der Waals surface area contributed by atoms with Crippen LogP contribution in [-0.2, 0) is 16.2 Å². The van der Waals surface area contributed by atoms with Gasteiger partial charge in [0, 0.05) is 47.2 Å². The maximum absolute atomic E-state index is 13.0. The molecule has 2 heterocycles. The number of nitrogens with one attached hydrogen (secondary N) is 1. The van der Waals surface area contributed by atoms with Crippen LogP contribution in [0.2, 0.25) is 10.0 Å². The monoisotopic (exact) mass is 643 g/mol. The first kappa shape index (κ1) is 31.2. The molecule has 0 aliphatic heterocycles. The largest absolute Gasteiger partial charge is 0.487 e. The number of carbonyl (C=O) groups is 3. The number of hydrogen-bond donors (Lipinski definition) is 2. The lowest BCUT2D eigenvalue weighted by molar-refractivity contribution is -0.122. The van der Waals surface area contributed by atoms with Crippen molar-refractivity contribution in [1.29, 1.82) is 0 Å². The Balaban J connectivity index is 1.27. The first-order valence-corrected chi connectivity index (χ1v) is 14.4. The van der Waals surface area contributed by atoms with Gasteiger partial charge in [-0.05, 0) is 55.0 Å². The summed E-state index contributed by atoms with van der Waals surface area (Å²) in [5.74, 6) is -1.41. The van der Waals surface area contributed by atoms with Gasteiger partial charge in [0.2, 0.25) is 11.8 Å². The number of benzene rings is 3. The van der Waals surface area contributed by atoms with Crippen molar-refractivity contribution < 1.29 is 24.2 Å². The minimum Gasteiger partial charge on any atom is -0.487 e. The number of ether oxygens (including phenoxy) is 1. The molecule has 0 saturated heterocycles. The van der Waals surface area contributed by atoms with Gasteiger partial charge in [0.05, 0.1) is 34.8 Å². The summed E-state index contributed by atoms with van der Waals surface area (Å²) in [4.78, 5) is 46.4. The molecule has 0 aliphatic carbocycles. The van der Waals surface area contributed by atoms with Crippen LogP contribution in [0, 0.1) is 6.92 Å². The molecular weight excluding hydrogens is 617 g/mol. The van der Waals surface area contributed by atoms with Crippen molar-refractivity contribution in [3.63, 3.8) is 0 Å². The van der Waals surface area contributed by atoms with Gasteiger partial charge in [-0.15, -0.1) is 0 Å². The Kier molecular flexibility index (Phi) is 9.46. The van der Waals surface area contributed by atoms with Crippen LogP contribution in [0.15, 0.2) is 85.5 Å². The van der Waals surface area contributed by atoms with Gasteiger partial charge in [-0.2, -0.15) is 0 Å². The molecule has 0 saturated carbocycles. The van der Waals surface area contributed by atoms with E-state index in [0.717, 1.165) is 16.8 Å². The summed E-state index contributed by atoms with van der Waals surface area (Å²) in [7, 11) is 1.54. The molecule has 228 valence electrons. The molecule has 0 atom stereocenters. The first-order valence-electron chi connectivity index (χ1n) is 13.7. The number of fused-ring (bicyclic) bond motifs is 1. The average molecular weight is 645 g/mol. The van der Waals surface area contributed by atoms with Crippen molar-refractivity contribution in [3.8, 4) is 11.4 Å². The lowest BCUT2D eigenvalue weighted by Gasteiger charge is -2.21. The number of imidazole rings is 1. The minimum absolute atomic E-state index is 0.0116. The highest BCUT2D eigenvalue weighted by Gasteiger charge is 2.20. The van der Waals surface area contributed by atoms with Gasteiger partial charge in [-0.1, -0.05) is 47.5 Å². The fourth-order valence-electron chi connectivity index (χ4n) is 4.57. The maximum atomic E-state index is 13.0. The third kappa shape index (κ3) is 7.14. The second kappa shape index (κ2) is 13.6. The Labute approximate surface area is 268 Å². The van der Waals surface area contributed by atoms with Gasteiger partial charge in [0.25, 0.3) is 0 Å². The van der Waals surface area contributed by atoms with Crippen molar-refractivity contribution >= 4 is 63.7 Å². The normalized spacial score (nSPS) is 11.1. The Morgan fingerprint density at radius 1 is 1.09 bits per heavy atom. The molecule has 10 nitrogen and oxygen atoms in total. The van der Waals surface area contributed by atoms with E-state index in [1.807, 2.05) is 42.0 Å². The summed E-state index contributed by atoms with van der Waals surface area (Å²) in [6, 6.07) is 16.9. The van der Waals surface area contributed by atoms with E-state index in [9.17, 15) is 14.4 Å². The number of aryl methyl sites for hydroxylation is 1. The number of carboxylic acids is 1. The van der Waals surface area contributed by atoms with E-state index < -0.39 is 17.8 Å². The van der Waals surface area contributed by atoms with E-state index in [2.05, 4.69) is 10.3 Å². The zero-order chi connectivity index (χ0) is 32.1. The number of nitrogens with zero attached hydrogens (tertiary/aromatic N) is 4. The summed E-state index contributed by atoms with van der Waals surface area (Å²) >= 11 is 13.3. The summed E-state index contributed by atoms with van der Waals surface area (Å²) in [5.41, 5.74) is 4.03. The minimum atomic E-state index is -1.04. The molecule has 2 aromatic heterocycles. The maximum Gasteiger partial charge on any atom is 0.335 e. The van der Waals surface area contributed by atoms with Crippen LogP contribution in [0.4, 0.5) is 5.69 Å². The Hall–Kier alpha value is -5.19. The van der Waals surface area contributed by atoms with Gasteiger partial charge in [0.15, 0.2) is 0 Å². The number of rotatable bonds is 10. The standard InChI is InChI=1S/C33H27Cl2N5O5/c1-20-16-27(40-15-14-36-19-40)23-4-3-5-28(32(23)38-20)45-18-24-25(34)11-12-26(31(24)35)39(2)30(42)17-37-29(41)13-8-21-6-9-22(10-7-21)33(43)44/h3-16,19H,17-18H2,1-2H3,(H,37,41)(H,43,44). The molecule has 45 heavy (non-hydrogen) atoms. The zero-order valence-electron chi connectivity index (χ0n) is 24.2. The molecule has 0 fully saturated rings. The number of anilines is 1. The molecule has 2 N–H and O–H groups in total. The molecule has 0 radical (unpaired) electrons. The predicted octanol–water partition coefficient (Wildman–Crippen LogP) is 6.11. The molecule has 0 aliphatic rings. The lowest BCUT2D eigenvalue weighted by Crippen LogP contribution is -2.37. The summed E-state index contributed by atoms with van der Waals surface area (Å²) in [5, 5.41) is 13.0. The predicted molar refractivity (Wildman–Crippen MR) is 173 cm³/mol. The summed E-state index contributed by atoms with van der Waals surface area (Å²) < 4.78 is 8.10. The van der Waals surface area contributed by atoms with Crippen LogP contribution >= 0.6 is 23.2 Å². The first-order chi connectivity index (χ1) is 21.6. The van der Waals surface area contributed by atoms with E-state index in [1.54, 1.807) is 43.8 Å². The van der Waals surface area contributed by atoms with Crippen LogP contribution < -0.4 is 15.0 Å². The fourth-order valence-corrected chi connectivity index (χ4v) is 5.18. The Bertz CT molecular complexity index is 1920. The summed E-state index contributed by atoms with van der Waals surface area (Å²) in [6.45, 7) is 1.63. The number of pyridine rings is 1. The van der Waals surface area contributed by atoms with Gasteiger partial charge < -0.3 is 24.6 Å². The molecule has 0 unspecified atom stereocenters. The Morgan fingerprint density at radius 2 is 1.87 bits per heavy atom. The highest BCUT2D eigenvalue weighted by molar-refractivity contribution is 6.38. The fraction of sp³-hybridized carbons (Fsp3) is 0.121. The van der Waals surface area contributed by atoms with Gasteiger partial charge in [-0.25, -0.2) is 14.8 Å². The second-order valence-corrected chi connectivity index (χ2v) is 10.8. The van der Waals surface area contributed by atoms with Crippen molar-refractivity contribution in [2.75, 3.05) is 18.5 Å². The highest BCUT2D eigenvalue weighted by Crippen LogP contribution is 2.36. The van der Waals surface area contributed by atoms with E-state index in [-0.39, 0.29) is 23.7 Å². The summed E-state index contributed by atoms with van der Waals surface area (Å²) in [6.07, 6.45) is 8.06. The van der Waals surface area contributed by atoms with Crippen molar-refractivity contribution in [2.24, 2.45) is 0 Å². The van der Waals surface area contributed by atoms with Crippen molar-refractivity contribution in [1.82, 2.24) is 19.9 Å². The number of hydrogen-bond acceptors (Lipinski definition) is 6. The highest BCUT2D eigenvalue weighted by atomic mass is 35.5. The van der Waals surface area contributed by atoms with Gasteiger partial charge in [0.1, 0.15) is 17.9 Å². The smallest absolute Gasteiger partial charge is 0.335 e. The number of carboxylic acid groups (broad SMARTS) is 1. The average Bonchev–Trinajstić information content (AvgIpc) is 3.57. The molecular formula is C33H27Cl2N5O5. The third-order valence-electron chi connectivity index (χ3n) is 6.96. The quantitative estimate of drug-likeness (QED) is 0.176. The second-order valence-electron chi connectivity index (χ2n) is 9.98. The molecule has 5 aromatic rings. The van der Waals surface area contributed by atoms with Crippen LogP contribution in [0.3, 0.4) is 0 Å². The number of aromatic carboxylic acids is 1. The van der Waals surface area contributed by atoms with Crippen molar-refractivity contribution in [2.45, 2.75) is 13.5 Å². The number of halogens is 2. The Morgan fingerprint density at radius 3 is 2.58 bits per heavy atom. The molecule has 2 amide bonds. The molecule has 3 aromatic carbocycles. The molecule has 0 bridgehead atoms. The van der Waals surface area contributed by atoms with Gasteiger partial charge >= 0.3 is 5.97 Å². The third-order valence-corrected chi connectivity index (χ3v) is 7.74. The number of para-hydroxylation sites is 1. The van der Waals surface area contributed by atoms with Crippen LogP contribution in [0.25, 0.3) is 22.7 Å². The van der Waals surface area contributed by atoms with Crippen LogP contribution in [0.1, 0.15) is 27.2 Å². The van der Waals surface area contributed by atoms with Crippen LogP contribution in [-0.4, -0.2) is 51.0 Å². The van der Waals surface area contributed by atoms with E-state index >= 15 is 0 Å².